The van der Waals surface area contributed by atoms with Gasteiger partial charge in [0.15, 0.2) is 5.69 Å². The zero-order valence-corrected chi connectivity index (χ0v) is 15.1. The lowest BCUT2D eigenvalue weighted by Gasteiger charge is -2.11. The van der Waals surface area contributed by atoms with Crippen molar-refractivity contribution in [2.45, 2.75) is 40.8 Å². The summed E-state index contributed by atoms with van der Waals surface area (Å²) in [6.07, 6.45) is 0. The predicted molar refractivity (Wildman–Crippen MR) is 97.0 cm³/mol. The lowest BCUT2D eigenvalue weighted by Crippen LogP contribution is -2.27. The average molecular weight is 357 g/mol. The van der Waals surface area contributed by atoms with Gasteiger partial charge in [-0.25, -0.2) is 4.39 Å². The van der Waals surface area contributed by atoms with Crippen LogP contribution >= 0.6 is 0 Å². The molecule has 7 nitrogen and oxygen atoms in total. The quantitative estimate of drug-likeness (QED) is 0.778. The topological polar surface area (TPSA) is 81.8 Å². The molecule has 1 N–H and O–H groups in total. The molecule has 0 aliphatic heterocycles. The second kappa shape index (κ2) is 6.70. The molecule has 0 saturated heterocycles. The fourth-order valence-corrected chi connectivity index (χ4v) is 3.01. The molecule has 0 spiro atoms. The average Bonchev–Trinajstić information content (AvgIpc) is 2.89. The number of aromatic nitrogens is 4. The van der Waals surface area contributed by atoms with E-state index in [4.69, 9.17) is 0 Å². The molecule has 0 radical (unpaired) electrons. The van der Waals surface area contributed by atoms with Crippen molar-refractivity contribution in [1.82, 2.24) is 19.6 Å². The largest absolute Gasteiger partial charge is 0.317 e. The van der Waals surface area contributed by atoms with Gasteiger partial charge < -0.3 is 5.32 Å². The zero-order chi connectivity index (χ0) is 19.0. The molecule has 0 bridgehead atoms. The summed E-state index contributed by atoms with van der Waals surface area (Å²) in [4.78, 5) is 25.4. The third-order valence-electron chi connectivity index (χ3n) is 4.35. The number of fused-ring (bicyclic) bond motifs is 1. The van der Waals surface area contributed by atoms with Crippen LogP contribution in [-0.4, -0.2) is 25.5 Å². The summed E-state index contributed by atoms with van der Waals surface area (Å²) in [6, 6.07) is 3.89. The summed E-state index contributed by atoms with van der Waals surface area (Å²) >= 11 is 0. The van der Waals surface area contributed by atoms with E-state index in [0.717, 1.165) is 11.8 Å². The molecular weight excluding hydrogens is 337 g/mol. The van der Waals surface area contributed by atoms with Crippen molar-refractivity contribution in [1.29, 1.82) is 0 Å². The van der Waals surface area contributed by atoms with Gasteiger partial charge in [0, 0.05) is 13.1 Å². The molecule has 0 aliphatic rings. The number of rotatable bonds is 4. The summed E-state index contributed by atoms with van der Waals surface area (Å²) in [7, 11) is 0. The smallest absolute Gasteiger partial charge is 0.280 e. The maximum atomic E-state index is 13.6. The van der Waals surface area contributed by atoms with Crippen molar-refractivity contribution in [3.05, 3.63) is 51.3 Å². The standard InChI is InChI=1S/C18H20FN5O2/c1-5-23-11(4)15(10(3)21-23)20-18(26)16-17(25)13-9-12(19)7-8-14(13)24(6-2)22-16/h7-9H,5-6H2,1-4H3,(H,20,26). The number of hydrogen-bond acceptors (Lipinski definition) is 4. The number of halogens is 1. The van der Waals surface area contributed by atoms with Gasteiger partial charge in [0.05, 0.1) is 28.0 Å². The van der Waals surface area contributed by atoms with E-state index in [1.54, 1.807) is 11.6 Å². The van der Waals surface area contributed by atoms with Crippen LogP contribution in [0.4, 0.5) is 10.1 Å². The molecule has 8 heteroatoms. The molecule has 0 unspecified atom stereocenters. The van der Waals surface area contributed by atoms with Crippen LogP contribution < -0.4 is 10.7 Å². The fraction of sp³-hybridized carbons (Fsp3) is 0.333. The van der Waals surface area contributed by atoms with Gasteiger partial charge in [-0.05, 0) is 45.9 Å². The number of hydrogen-bond donors (Lipinski definition) is 1. The third-order valence-corrected chi connectivity index (χ3v) is 4.35. The van der Waals surface area contributed by atoms with Crippen LogP contribution in [-0.2, 0) is 13.1 Å². The highest BCUT2D eigenvalue weighted by molar-refractivity contribution is 6.04. The number of carbonyl (C=O) groups excluding carboxylic acids is 1. The van der Waals surface area contributed by atoms with E-state index in [2.05, 4.69) is 15.5 Å². The van der Waals surface area contributed by atoms with Gasteiger partial charge in [0.2, 0.25) is 5.43 Å². The number of nitrogens with one attached hydrogen (secondary N) is 1. The molecule has 3 aromatic rings. The van der Waals surface area contributed by atoms with Gasteiger partial charge in [-0.1, -0.05) is 0 Å². The van der Waals surface area contributed by atoms with E-state index in [-0.39, 0.29) is 11.1 Å². The van der Waals surface area contributed by atoms with E-state index in [9.17, 15) is 14.0 Å². The van der Waals surface area contributed by atoms with Gasteiger partial charge in [0.1, 0.15) is 5.82 Å². The van der Waals surface area contributed by atoms with Gasteiger partial charge in [-0.2, -0.15) is 10.2 Å². The summed E-state index contributed by atoms with van der Waals surface area (Å²) in [5.41, 5.74) is 1.62. The second-order valence-corrected chi connectivity index (χ2v) is 5.97. The Morgan fingerprint density at radius 1 is 1.15 bits per heavy atom. The Morgan fingerprint density at radius 3 is 2.46 bits per heavy atom. The highest BCUT2D eigenvalue weighted by Crippen LogP contribution is 2.20. The lowest BCUT2D eigenvalue weighted by atomic mass is 10.2. The Bertz CT molecular complexity index is 1070. The second-order valence-electron chi connectivity index (χ2n) is 5.97. The predicted octanol–water partition coefficient (Wildman–Crippen LogP) is 2.64. The molecule has 2 aromatic heterocycles. The van der Waals surface area contributed by atoms with E-state index in [1.165, 1.54) is 16.8 Å². The number of aryl methyl sites for hydroxylation is 3. The Labute approximate surface area is 149 Å². The first-order valence-electron chi connectivity index (χ1n) is 8.43. The zero-order valence-electron chi connectivity index (χ0n) is 15.1. The SMILES string of the molecule is CCn1nc(C)c(NC(=O)c2nn(CC)c3ccc(F)cc3c2=O)c1C. The molecule has 0 aliphatic carbocycles. The van der Waals surface area contributed by atoms with Crippen molar-refractivity contribution in [3.63, 3.8) is 0 Å². The molecule has 26 heavy (non-hydrogen) atoms. The van der Waals surface area contributed by atoms with Crippen molar-refractivity contribution >= 4 is 22.5 Å². The first-order valence-corrected chi connectivity index (χ1v) is 8.43. The molecule has 1 amide bonds. The van der Waals surface area contributed by atoms with Crippen LogP contribution in [0.1, 0.15) is 35.7 Å². The van der Waals surface area contributed by atoms with Crippen LogP contribution in [0.3, 0.4) is 0 Å². The molecular formula is C18H20FN5O2. The highest BCUT2D eigenvalue weighted by atomic mass is 19.1. The minimum Gasteiger partial charge on any atom is -0.317 e. The van der Waals surface area contributed by atoms with Crippen LogP contribution in [0.5, 0.6) is 0 Å². The number of benzene rings is 1. The van der Waals surface area contributed by atoms with Crippen LogP contribution in [0.15, 0.2) is 23.0 Å². The first-order chi connectivity index (χ1) is 12.4. The van der Waals surface area contributed by atoms with E-state index in [0.29, 0.717) is 30.0 Å². The van der Waals surface area contributed by atoms with Gasteiger partial charge in [-0.15, -0.1) is 0 Å². The van der Waals surface area contributed by atoms with Crippen molar-refractivity contribution < 1.29 is 9.18 Å². The number of anilines is 1. The van der Waals surface area contributed by atoms with Crippen molar-refractivity contribution in [2.24, 2.45) is 0 Å². The van der Waals surface area contributed by atoms with Crippen molar-refractivity contribution in [2.75, 3.05) is 5.32 Å². The summed E-state index contributed by atoms with van der Waals surface area (Å²) in [5.74, 6) is -1.17. The van der Waals surface area contributed by atoms with Crippen LogP contribution in [0.25, 0.3) is 10.9 Å². The molecule has 2 heterocycles. The van der Waals surface area contributed by atoms with E-state index in [1.807, 2.05) is 20.8 Å². The van der Waals surface area contributed by atoms with Gasteiger partial charge in [-0.3, -0.25) is 19.0 Å². The maximum absolute atomic E-state index is 13.6. The number of carbonyl (C=O) groups is 1. The molecule has 0 atom stereocenters. The summed E-state index contributed by atoms with van der Waals surface area (Å²) in [6.45, 7) is 8.51. The van der Waals surface area contributed by atoms with Crippen molar-refractivity contribution in [3.8, 4) is 0 Å². The lowest BCUT2D eigenvalue weighted by molar-refractivity contribution is 0.101. The summed E-state index contributed by atoms with van der Waals surface area (Å²) < 4.78 is 16.9. The van der Waals surface area contributed by atoms with Crippen LogP contribution in [0, 0.1) is 19.7 Å². The van der Waals surface area contributed by atoms with E-state index < -0.39 is 17.2 Å². The normalized spacial score (nSPS) is 11.1. The molecule has 3 rings (SSSR count). The maximum Gasteiger partial charge on any atom is 0.280 e. The Hall–Kier alpha value is -3.03. The van der Waals surface area contributed by atoms with Gasteiger partial charge >= 0.3 is 0 Å². The number of amides is 1. The molecule has 0 saturated carbocycles. The molecule has 1 aromatic carbocycles. The minimum atomic E-state index is -0.634. The first kappa shape index (κ1) is 17.8. The summed E-state index contributed by atoms with van der Waals surface area (Å²) in [5, 5.41) is 11.4. The Balaban J connectivity index is 2.10. The fourth-order valence-electron chi connectivity index (χ4n) is 3.01. The molecule has 136 valence electrons. The Kier molecular flexibility index (Phi) is 4.58. The molecule has 0 fully saturated rings. The highest BCUT2D eigenvalue weighted by Gasteiger charge is 2.20. The number of nitrogens with zero attached hydrogens (tertiary/aromatic N) is 4. The monoisotopic (exact) mass is 357 g/mol. The minimum absolute atomic E-state index is 0.129. The third kappa shape index (κ3) is 2.87. The van der Waals surface area contributed by atoms with E-state index >= 15 is 0 Å². The Morgan fingerprint density at radius 2 is 1.85 bits per heavy atom. The van der Waals surface area contributed by atoms with Gasteiger partial charge in [0.25, 0.3) is 5.91 Å². The van der Waals surface area contributed by atoms with Crippen LogP contribution in [0.2, 0.25) is 0 Å².